The highest BCUT2D eigenvalue weighted by Crippen LogP contribution is 2.19. The molecule has 1 unspecified atom stereocenters. The van der Waals surface area contributed by atoms with Gasteiger partial charge in [-0.1, -0.05) is 30.3 Å². The van der Waals surface area contributed by atoms with E-state index in [0.29, 0.717) is 24.1 Å². The van der Waals surface area contributed by atoms with Crippen LogP contribution in [0.25, 0.3) is 0 Å². The fourth-order valence-electron chi connectivity index (χ4n) is 2.65. The fourth-order valence-corrected chi connectivity index (χ4v) is 2.65. The highest BCUT2D eigenvalue weighted by Gasteiger charge is 2.21. The second-order valence-electron chi connectivity index (χ2n) is 5.82. The van der Waals surface area contributed by atoms with E-state index in [9.17, 15) is 9.59 Å². The van der Waals surface area contributed by atoms with Gasteiger partial charge in [0.1, 0.15) is 5.56 Å². The van der Waals surface area contributed by atoms with Crippen molar-refractivity contribution in [2.45, 2.75) is 32.7 Å². The minimum atomic E-state index is -0.412. The van der Waals surface area contributed by atoms with Crippen molar-refractivity contribution in [3.8, 4) is 0 Å². The lowest BCUT2D eigenvalue weighted by molar-refractivity contribution is 0.0929. The molecule has 2 aromatic rings. The Bertz CT molecular complexity index is 769. The number of aliphatic hydroxyl groups excluding tert-OH is 1. The van der Waals surface area contributed by atoms with Crippen molar-refractivity contribution in [2.75, 3.05) is 6.61 Å². The first-order chi connectivity index (χ1) is 11.5. The first-order valence-corrected chi connectivity index (χ1v) is 7.97. The number of aromatic nitrogens is 2. The molecule has 0 saturated carbocycles. The molecule has 0 aliphatic heterocycles. The van der Waals surface area contributed by atoms with Crippen molar-refractivity contribution >= 4 is 5.91 Å². The molecule has 6 heteroatoms. The maximum atomic E-state index is 12.7. The lowest BCUT2D eigenvalue weighted by Crippen LogP contribution is -2.37. The van der Waals surface area contributed by atoms with Gasteiger partial charge < -0.3 is 10.4 Å². The lowest BCUT2D eigenvalue weighted by atomic mass is 10.0. The standard InChI is InChI=1S/C18H23N3O3/c1-12-13(2)20-21(3)18(24)16(12)17(23)19-15(10-7-11-22)14-8-5-4-6-9-14/h4-6,8-9,15,22H,7,10-11H2,1-3H3,(H,19,23). The molecule has 6 nitrogen and oxygen atoms in total. The molecule has 0 aliphatic carbocycles. The molecule has 0 spiro atoms. The maximum absolute atomic E-state index is 12.7. The lowest BCUT2D eigenvalue weighted by Gasteiger charge is -2.20. The van der Waals surface area contributed by atoms with Gasteiger partial charge in [-0.3, -0.25) is 9.59 Å². The average Bonchev–Trinajstić information content (AvgIpc) is 2.58. The van der Waals surface area contributed by atoms with Crippen molar-refractivity contribution < 1.29 is 9.90 Å². The Kier molecular flexibility index (Phi) is 5.87. The SMILES string of the molecule is Cc1nn(C)c(=O)c(C(=O)NC(CCCO)c2ccccc2)c1C. The molecule has 0 aliphatic rings. The number of nitrogens with one attached hydrogen (secondary N) is 1. The number of amides is 1. The molecule has 128 valence electrons. The number of carbonyl (C=O) groups is 1. The minimum Gasteiger partial charge on any atom is -0.396 e. The van der Waals surface area contributed by atoms with Crippen LogP contribution < -0.4 is 10.9 Å². The topological polar surface area (TPSA) is 84.2 Å². The molecule has 1 heterocycles. The molecular weight excluding hydrogens is 306 g/mol. The number of rotatable bonds is 6. The van der Waals surface area contributed by atoms with Gasteiger partial charge in [0, 0.05) is 13.7 Å². The Morgan fingerprint density at radius 1 is 1.29 bits per heavy atom. The van der Waals surface area contributed by atoms with E-state index in [4.69, 9.17) is 5.11 Å². The summed E-state index contributed by atoms with van der Waals surface area (Å²) in [5, 5.41) is 16.1. The van der Waals surface area contributed by atoms with E-state index in [2.05, 4.69) is 10.4 Å². The zero-order chi connectivity index (χ0) is 17.7. The number of nitrogens with zero attached hydrogens (tertiary/aromatic N) is 2. The third kappa shape index (κ3) is 3.89. The van der Waals surface area contributed by atoms with E-state index in [1.165, 1.54) is 11.7 Å². The van der Waals surface area contributed by atoms with Crippen LogP contribution in [0.3, 0.4) is 0 Å². The van der Waals surface area contributed by atoms with Gasteiger partial charge in [-0.05, 0) is 37.8 Å². The Morgan fingerprint density at radius 3 is 2.58 bits per heavy atom. The van der Waals surface area contributed by atoms with Gasteiger partial charge in [-0.25, -0.2) is 4.68 Å². The normalized spacial score (nSPS) is 12.0. The quantitative estimate of drug-likeness (QED) is 0.844. The molecule has 1 atom stereocenters. The summed E-state index contributed by atoms with van der Waals surface area (Å²) in [7, 11) is 1.53. The Hall–Kier alpha value is -2.47. The first kappa shape index (κ1) is 17.9. The number of aliphatic hydroxyl groups is 1. The number of hydrogen-bond acceptors (Lipinski definition) is 4. The van der Waals surface area contributed by atoms with Gasteiger partial charge >= 0.3 is 0 Å². The van der Waals surface area contributed by atoms with Crippen LogP contribution in [0.4, 0.5) is 0 Å². The van der Waals surface area contributed by atoms with Crippen LogP contribution in [0, 0.1) is 13.8 Å². The molecule has 2 rings (SSSR count). The average molecular weight is 329 g/mol. The molecule has 1 aromatic carbocycles. The highest BCUT2D eigenvalue weighted by molar-refractivity contribution is 5.95. The van der Waals surface area contributed by atoms with Crippen molar-refractivity contribution in [2.24, 2.45) is 7.05 Å². The summed E-state index contributed by atoms with van der Waals surface area (Å²) in [5.41, 5.74) is 1.89. The minimum absolute atomic E-state index is 0.0500. The third-order valence-corrected chi connectivity index (χ3v) is 4.11. The van der Waals surface area contributed by atoms with Crippen molar-refractivity contribution in [1.82, 2.24) is 15.1 Å². The summed E-state index contributed by atoms with van der Waals surface area (Å²) >= 11 is 0. The molecule has 0 radical (unpaired) electrons. The molecule has 1 aromatic heterocycles. The van der Waals surface area contributed by atoms with Crippen molar-refractivity contribution in [1.29, 1.82) is 0 Å². The molecular formula is C18H23N3O3. The zero-order valence-electron chi connectivity index (χ0n) is 14.2. The van der Waals surface area contributed by atoms with Gasteiger partial charge in [-0.15, -0.1) is 0 Å². The van der Waals surface area contributed by atoms with Crippen LogP contribution >= 0.6 is 0 Å². The molecule has 0 saturated heterocycles. The largest absolute Gasteiger partial charge is 0.396 e. The van der Waals surface area contributed by atoms with Gasteiger partial charge in [0.25, 0.3) is 11.5 Å². The second-order valence-corrected chi connectivity index (χ2v) is 5.82. The van der Waals surface area contributed by atoms with E-state index >= 15 is 0 Å². The summed E-state index contributed by atoms with van der Waals surface area (Å²) in [4.78, 5) is 25.0. The third-order valence-electron chi connectivity index (χ3n) is 4.11. The van der Waals surface area contributed by atoms with Gasteiger partial charge in [0.05, 0.1) is 11.7 Å². The van der Waals surface area contributed by atoms with Gasteiger partial charge in [0.15, 0.2) is 0 Å². The van der Waals surface area contributed by atoms with Crippen molar-refractivity contribution in [3.05, 3.63) is 63.1 Å². The van der Waals surface area contributed by atoms with E-state index in [1.807, 2.05) is 30.3 Å². The monoisotopic (exact) mass is 329 g/mol. The molecule has 1 amide bonds. The summed E-state index contributed by atoms with van der Waals surface area (Å²) < 4.78 is 1.18. The van der Waals surface area contributed by atoms with Crippen LogP contribution in [0.15, 0.2) is 35.1 Å². The second kappa shape index (κ2) is 7.88. The maximum Gasteiger partial charge on any atom is 0.279 e. The van der Waals surface area contributed by atoms with E-state index < -0.39 is 11.5 Å². The van der Waals surface area contributed by atoms with Crippen LogP contribution in [0.1, 0.15) is 46.1 Å². The van der Waals surface area contributed by atoms with Crippen LogP contribution in [0.2, 0.25) is 0 Å². The summed E-state index contributed by atoms with van der Waals surface area (Å²) in [6.07, 6.45) is 1.15. The summed E-state index contributed by atoms with van der Waals surface area (Å²) in [6, 6.07) is 9.28. The molecule has 0 bridgehead atoms. The molecule has 2 N–H and O–H groups in total. The van der Waals surface area contributed by atoms with Crippen LogP contribution in [-0.2, 0) is 7.05 Å². The smallest absolute Gasteiger partial charge is 0.279 e. The Balaban J connectivity index is 2.33. The highest BCUT2D eigenvalue weighted by atomic mass is 16.3. The predicted molar refractivity (Wildman–Crippen MR) is 91.9 cm³/mol. The Morgan fingerprint density at radius 2 is 1.96 bits per heavy atom. The first-order valence-electron chi connectivity index (χ1n) is 7.97. The van der Waals surface area contributed by atoms with E-state index in [-0.39, 0.29) is 18.2 Å². The van der Waals surface area contributed by atoms with Gasteiger partial charge in [-0.2, -0.15) is 5.10 Å². The summed E-state index contributed by atoms with van der Waals surface area (Å²) in [6.45, 7) is 3.55. The molecule has 0 fully saturated rings. The zero-order valence-corrected chi connectivity index (χ0v) is 14.2. The predicted octanol–water partition coefficient (Wildman–Crippen LogP) is 1.64. The number of aryl methyl sites for hydroxylation is 2. The van der Waals surface area contributed by atoms with Gasteiger partial charge in [0.2, 0.25) is 0 Å². The van der Waals surface area contributed by atoms with Crippen LogP contribution in [0.5, 0.6) is 0 Å². The number of hydrogen-bond donors (Lipinski definition) is 2. The molecule has 24 heavy (non-hydrogen) atoms. The van der Waals surface area contributed by atoms with Crippen LogP contribution in [-0.4, -0.2) is 27.4 Å². The number of benzene rings is 1. The van der Waals surface area contributed by atoms with Crippen molar-refractivity contribution in [3.63, 3.8) is 0 Å². The summed E-state index contributed by atoms with van der Waals surface area (Å²) in [5.74, 6) is -0.412. The van der Waals surface area contributed by atoms with E-state index in [0.717, 1.165) is 5.56 Å². The fraction of sp³-hybridized carbons (Fsp3) is 0.389. The number of carbonyl (C=O) groups excluding carboxylic acids is 1. The van der Waals surface area contributed by atoms with E-state index in [1.54, 1.807) is 13.8 Å². The Labute approximate surface area is 141 Å².